The van der Waals surface area contributed by atoms with Gasteiger partial charge >= 0.3 is 0 Å². The van der Waals surface area contributed by atoms with E-state index in [4.69, 9.17) is 11.6 Å². The Kier molecular flexibility index (Phi) is 5.37. The molecule has 2 N–H and O–H groups in total. The molecule has 2 unspecified atom stereocenters. The number of carbonyl (C=O) groups excluding carboxylic acids is 3. The zero-order chi connectivity index (χ0) is 21.5. The molecular formula is C22H21ClN4O3S. The van der Waals surface area contributed by atoms with Crippen LogP contribution in [-0.2, 0) is 9.59 Å². The van der Waals surface area contributed by atoms with Crippen LogP contribution < -0.4 is 10.6 Å². The van der Waals surface area contributed by atoms with Crippen LogP contribution in [0.5, 0.6) is 0 Å². The highest BCUT2D eigenvalue weighted by Crippen LogP contribution is 2.31. The predicted molar refractivity (Wildman–Crippen MR) is 121 cm³/mol. The molecule has 2 saturated heterocycles. The fourth-order valence-electron chi connectivity index (χ4n) is 4.25. The molecule has 0 aliphatic carbocycles. The van der Waals surface area contributed by atoms with Crippen LogP contribution in [-0.4, -0.2) is 70.9 Å². The van der Waals surface area contributed by atoms with Crippen LogP contribution in [0.3, 0.4) is 0 Å². The van der Waals surface area contributed by atoms with Crippen LogP contribution in [0.15, 0.2) is 42.5 Å². The molecule has 3 amide bonds. The molecule has 3 aliphatic rings. The molecule has 0 bridgehead atoms. The summed E-state index contributed by atoms with van der Waals surface area (Å²) in [5.41, 5.74) is 2.75. The molecule has 0 aromatic heterocycles. The second-order valence-electron chi connectivity index (χ2n) is 7.83. The number of nitrogens with zero attached hydrogens (tertiary/aromatic N) is 2. The second kappa shape index (κ2) is 8.18. The van der Waals surface area contributed by atoms with Gasteiger partial charge in [0.1, 0.15) is 6.04 Å². The van der Waals surface area contributed by atoms with Gasteiger partial charge in [-0.3, -0.25) is 19.7 Å². The highest BCUT2D eigenvalue weighted by molar-refractivity contribution is 7.99. The van der Waals surface area contributed by atoms with Gasteiger partial charge in [-0.25, -0.2) is 0 Å². The first-order chi connectivity index (χ1) is 15.0. The van der Waals surface area contributed by atoms with E-state index in [9.17, 15) is 14.4 Å². The van der Waals surface area contributed by atoms with Crippen LogP contribution in [0.25, 0.3) is 11.1 Å². The third-order valence-corrected chi connectivity index (χ3v) is 7.15. The van der Waals surface area contributed by atoms with Crippen molar-refractivity contribution < 1.29 is 14.4 Å². The SMILES string of the molecule is O=C1Nc2ccc(-c3ccc(Cl)cc3)cc2C(=O)N2CCN(C(=O)C3CSCN3)CC12. The Morgan fingerprint density at radius 1 is 1.06 bits per heavy atom. The molecule has 0 saturated carbocycles. The van der Waals surface area contributed by atoms with Crippen molar-refractivity contribution in [2.75, 3.05) is 36.6 Å². The molecule has 0 radical (unpaired) electrons. The van der Waals surface area contributed by atoms with Gasteiger partial charge in [-0.1, -0.05) is 29.8 Å². The Labute approximate surface area is 189 Å². The third-order valence-electron chi connectivity index (χ3n) is 5.96. The molecule has 7 nitrogen and oxygen atoms in total. The normalized spacial score (nSPS) is 23.1. The second-order valence-corrected chi connectivity index (χ2v) is 9.29. The van der Waals surface area contributed by atoms with E-state index in [1.165, 1.54) is 0 Å². The highest BCUT2D eigenvalue weighted by Gasteiger charge is 2.41. The summed E-state index contributed by atoms with van der Waals surface area (Å²) in [5, 5.41) is 6.71. The lowest BCUT2D eigenvalue weighted by atomic mass is 10.0. The van der Waals surface area contributed by atoms with Crippen molar-refractivity contribution in [1.82, 2.24) is 15.1 Å². The predicted octanol–water partition coefficient (Wildman–Crippen LogP) is 2.27. The van der Waals surface area contributed by atoms with Crippen LogP contribution in [0.2, 0.25) is 5.02 Å². The minimum absolute atomic E-state index is 0.00307. The lowest BCUT2D eigenvalue weighted by molar-refractivity contribution is -0.137. The molecule has 31 heavy (non-hydrogen) atoms. The Balaban J connectivity index is 1.41. The molecule has 9 heteroatoms. The van der Waals surface area contributed by atoms with Crippen LogP contribution in [0.4, 0.5) is 5.69 Å². The summed E-state index contributed by atoms with van der Waals surface area (Å²) in [6.07, 6.45) is 0. The van der Waals surface area contributed by atoms with Crippen molar-refractivity contribution in [3.63, 3.8) is 0 Å². The largest absolute Gasteiger partial charge is 0.337 e. The number of hydrogen-bond acceptors (Lipinski definition) is 5. The molecule has 0 spiro atoms. The highest BCUT2D eigenvalue weighted by atomic mass is 35.5. The van der Waals surface area contributed by atoms with E-state index in [2.05, 4.69) is 10.6 Å². The molecule has 3 aliphatic heterocycles. The monoisotopic (exact) mass is 456 g/mol. The number of rotatable bonds is 2. The van der Waals surface area contributed by atoms with Crippen LogP contribution >= 0.6 is 23.4 Å². The zero-order valence-electron chi connectivity index (χ0n) is 16.6. The Bertz CT molecular complexity index is 1060. The van der Waals surface area contributed by atoms with Crippen LogP contribution in [0, 0.1) is 0 Å². The molecule has 160 valence electrons. The summed E-state index contributed by atoms with van der Waals surface area (Å²) < 4.78 is 0. The van der Waals surface area contributed by atoms with Gasteiger partial charge in [0.05, 0.1) is 23.8 Å². The van der Waals surface area contributed by atoms with Gasteiger partial charge in [0.15, 0.2) is 0 Å². The van der Waals surface area contributed by atoms with Gasteiger partial charge in [0.25, 0.3) is 5.91 Å². The van der Waals surface area contributed by atoms with Gasteiger partial charge < -0.3 is 15.1 Å². The minimum atomic E-state index is -0.703. The molecule has 2 atom stereocenters. The maximum absolute atomic E-state index is 13.4. The van der Waals surface area contributed by atoms with E-state index in [0.717, 1.165) is 22.8 Å². The van der Waals surface area contributed by atoms with Gasteiger partial charge in [-0.2, -0.15) is 0 Å². The first-order valence-electron chi connectivity index (χ1n) is 10.1. The fraction of sp³-hybridized carbons (Fsp3) is 0.318. The number of amides is 3. The van der Waals surface area contributed by atoms with E-state index in [0.29, 0.717) is 29.4 Å². The van der Waals surface area contributed by atoms with Crippen molar-refractivity contribution in [2.45, 2.75) is 12.1 Å². The van der Waals surface area contributed by atoms with Crippen molar-refractivity contribution >= 4 is 46.8 Å². The van der Waals surface area contributed by atoms with Gasteiger partial charge in [0, 0.05) is 29.7 Å². The zero-order valence-corrected chi connectivity index (χ0v) is 18.2. The van der Waals surface area contributed by atoms with Crippen molar-refractivity contribution in [3.05, 3.63) is 53.1 Å². The first-order valence-corrected chi connectivity index (χ1v) is 11.7. The summed E-state index contributed by atoms with van der Waals surface area (Å²) in [6.45, 7) is 0.952. The minimum Gasteiger partial charge on any atom is -0.337 e. The summed E-state index contributed by atoms with van der Waals surface area (Å²) in [5.74, 6) is 1.02. The van der Waals surface area contributed by atoms with Gasteiger partial charge in [-0.15, -0.1) is 11.8 Å². The summed E-state index contributed by atoms with van der Waals surface area (Å²) in [6, 6.07) is 11.9. The lowest BCUT2D eigenvalue weighted by Gasteiger charge is -2.40. The topological polar surface area (TPSA) is 81.8 Å². The quantitative estimate of drug-likeness (QED) is 0.724. The summed E-state index contributed by atoms with van der Waals surface area (Å²) in [7, 11) is 0. The molecule has 2 aromatic carbocycles. The number of carbonyl (C=O) groups is 3. The van der Waals surface area contributed by atoms with Gasteiger partial charge in [-0.05, 0) is 35.4 Å². The number of benzene rings is 2. The molecule has 2 aromatic rings. The number of anilines is 1. The van der Waals surface area contributed by atoms with E-state index in [1.807, 2.05) is 18.2 Å². The molecular weight excluding hydrogens is 436 g/mol. The summed E-state index contributed by atoms with van der Waals surface area (Å²) >= 11 is 7.67. The van der Waals surface area contributed by atoms with Crippen molar-refractivity contribution in [3.8, 4) is 11.1 Å². The van der Waals surface area contributed by atoms with Crippen molar-refractivity contribution in [1.29, 1.82) is 0 Å². The average Bonchev–Trinajstić information content (AvgIpc) is 3.30. The molecule has 2 fully saturated rings. The maximum Gasteiger partial charge on any atom is 0.256 e. The summed E-state index contributed by atoms with van der Waals surface area (Å²) in [4.78, 5) is 42.4. The van der Waals surface area contributed by atoms with Crippen molar-refractivity contribution in [2.24, 2.45) is 0 Å². The number of halogens is 1. The standard InChI is InChI=1S/C22H21ClN4O3S/c23-15-4-1-13(2-5-15)14-3-6-17-16(9-14)21(29)27-8-7-26(10-19(27)20(28)25-17)22(30)18-11-31-12-24-18/h1-6,9,18-19,24H,7-8,10-12H2,(H,25,28). The van der Waals surface area contributed by atoms with E-state index < -0.39 is 6.04 Å². The first kappa shape index (κ1) is 20.4. The third kappa shape index (κ3) is 3.79. The van der Waals surface area contributed by atoms with Gasteiger partial charge in [0.2, 0.25) is 11.8 Å². The number of nitrogens with one attached hydrogen (secondary N) is 2. The average molecular weight is 457 g/mol. The van der Waals surface area contributed by atoms with Crippen LogP contribution in [0.1, 0.15) is 10.4 Å². The Morgan fingerprint density at radius 2 is 1.84 bits per heavy atom. The number of hydrogen-bond donors (Lipinski definition) is 2. The van der Waals surface area contributed by atoms with E-state index >= 15 is 0 Å². The Hall–Kier alpha value is -2.55. The van der Waals surface area contributed by atoms with E-state index in [-0.39, 0.29) is 30.3 Å². The molecule has 3 heterocycles. The Morgan fingerprint density at radius 3 is 2.58 bits per heavy atom. The smallest absolute Gasteiger partial charge is 0.256 e. The lowest BCUT2D eigenvalue weighted by Crippen LogP contribution is -2.61. The number of piperazine rings is 1. The van der Waals surface area contributed by atoms with E-state index in [1.54, 1.807) is 45.8 Å². The molecule has 5 rings (SSSR count). The number of thioether (sulfide) groups is 1. The maximum atomic E-state index is 13.4. The number of fused-ring (bicyclic) bond motifs is 2. The fourth-order valence-corrected chi connectivity index (χ4v) is 5.31.